The van der Waals surface area contributed by atoms with Gasteiger partial charge in [0.25, 0.3) is 0 Å². The first-order chi connectivity index (χ1) is 12.1. The molecule has 170 valence electrons. The predicted molar refractivity (Wildman–Crippen MR) is 97.8 cm³/mol. The molecule has 0 aliphatic rings. The summed E-state index contributed by atoms with van der Waals surface area (Å²) in [6.07, 6.45) is -1.14. The summed E-state index contributed by atoms with van der Waals surface area (Å²) >= 11 is 0. The van der Waals surface area contributed by atoms with E-state index in [-0.39, 0.29) is 18.5 Å². The van der Waals surface area contributed by atoms with Crippen LogP contribution >= 0.6 is 7.41 Å². The fourth-order valence-electron chi connectivity index (χ4n) is 3.23. The molecule has 0 rings (SSSR count). The number of halogens is 6. The van der Waals surface area contributed by atoms with Gasteiger partial charge in [-0.1, -0.05) is 41.5 Å². The number of hydrogen-bond acceptors (Lipinski definition) is 4. The molecule has 0 saturated heterocycles. The summed E-state index contributed by atoms with van der Waals surface area (Å²) in [6.45, 7) is 8.96. The van der Waals surface area contributed by atoms with Crippen LogP contribution in [0, 0.1) is 17.8 Å². The van der Waals surface area contributed by atoms with E-state index in [2.05, 4.69) is 0 Å². The van der Waals surface area contributed by atoms with Crippen LogP contribution < -0.4 is 0 Å². The zero-order chi connectivity index (χ0) is 22.9. The Labute approximate surface area is 163 Å². The Morgan fingerprint density at radius 1 is 0.643 bits per heavy atom. The van der Waals surface area contributed by atoms with E-state index in [1.165, 1.54) is 41.5 Å². The third-order valence-electron chi connectivity index (χ3n) is 3.46. The van der Waals surface area contributed by atoms with E-state index in [1.54, 1.807) is 0 Å². The lowest BCUT2D eigenvalue weighted by atomic mass is 10.3. The minimum Gasteiger partial charge on any atom is -0.198 e. The molecule has 0 amide bonds. The van der Waals surface area contributed by atoms with E-state index in [9.17, 15) is 43.2 Å². The van der Waals surface area contributed by atoms with Crippen molar-refractivity contribution in [3.63, 3.8) is 0 Å². The molecule has 0 aliphatic carbocycles. The van der Waals surface area contributed by atoms with Crippen LogP contribution in [0.3, 0.4) is 0 Å². The van der Waals surface area contributed by atoms with Gasteiger partial charge in [0.05, 0.1) is 22.0 Å². The zero-order valence-electron chi connectivity index (χ0n) is 16.5. The molecular weight excluding hydrogens is 455 g/mol. The van der Waals surface area contributed by atoms with Crippen molar-refractivity contribution in [2.24, 2.45) is 17.8 Å². The maximum atomic E-state index is 13.3. The third kappa shape index (κ3) is 6.18. The van der Waals surface area contributed by atoms with Crippen molar-refractivity contribution in [2.75, 3.05) is 18.5 Å². The Hall–Kier alpha value is -0.130. The first-order valence-electron chi connectivity index (χ1n) is 8.41. The molecule has 5 nitrogen and oxygen atoms in total. The number of alkyl halides is 6. The van der Waals surface area contributed by atoms with Gasteiger partial charge < -0.3 is 0 Å². The summed E-state index contributed by atoms with van der Waals surface area (Å²) in [7, 11) is -17.6. The average Bonchev–Trinajstić information content (AvgIpc) is 2.31. The molecule has 28 heavy (non-hydrogen) atoms. The molecule has 0 aromatic carbocycles. The van der Waals surface area contributed by atoms with Gasteiger partial charge in [-0.15, -0.1) is 0 Å². The van der Waals surface area contributed by atoms with Crippen LogP contribution in [-0.2, 0) is 20.0 Å². The molecule has 0 aliphatic heterocycles. The molecule has 0 aromatic heterocycles. The second kappa shape index (κ2) is 8.93. The molecule has 0 radical (unpaired) electrons. The Balaban J connectivity index is 7.32. The van der Waals surface area contributed by atoms with Gasteiger partial charge in [0.2, 0.25) is 0 Å². The van der Waals surface area contributed by atoms with Gasteiger partial charge in [-0.25, -0.2) is 0 Å². The molecule has 0 unspecified atom stereocenters. The summed E-state index contributed by atoms with van der Waals surface area (Å²) in [5.41, 5.74) is -12.4. The Morgan fingerprint density at radius 3 is 1.00 bits per heavy atom. The largest absolute Gasteiger partial charge is 0.515 e. The summed E-state index contributed by atoms with van der Waals surface area (Å²) in [4.78, 5) is 0. The van der Waals surface area contributed by atoms with Gasteiger partial charge in [0.15, 0.2) is 0 Å². The van der Waals surface area contributed by atoms with Gasteiger partial charge in [-0.2, -0.15) is 43.2 Å². The topological polar surface area (TPSA) is 71.5 Å². The highest BCUT2D eigenvalue weighted by Gasteiger charge is 2.71. The monoisotopic (exact) mass is 482 g/mol. The first kappa shape index (κ1) is 27.9. The number of rotatable bonds is 9. The summed E-state index contributed by atoms with van der Waals surface area (Å²) < 4.78 is 127. The molecule has 0 N–H and O–H groups in total. The van der Waals surface area contributed by atoms with Crippen LogP contribution in [0.5, 0.6) is 0 Å². The van der Waals surface area contributed by atoms with Gasteiger partial charge in [0.1, 0.15) is 7.41 Å². The lowest BCUT2D eigenvalue weighted by Crippen LogP contribution is -2.51. The Bertz CT molecular complexity index is 659. The van der Waals surface area contributed by atoms with Gasteiger partial charge in [-0.3, -0.25) is 0 Å². The maximum absolute atomic E-state index is 13.3. The van der Waals surface area contributed by atoms with Crippen LogP contribution in [0.4, 0.5) is 26.3 Å². The number of sulfonamides is 2. The smallest absolute Gasteiger partial charge is 0.198 e. The van der Waals surface area contributed by atoms with Crippen LogP contribution in [0.15, 0.2) is 0 Å². The number of nitrogens with zero attached hydrogens (tertiary/aromatic N) is 1. The SMILES string of the molecule is CC(C)C[P+](CC(C)C)(CC(C)C)N(S(=O)(=O)C(F)(F)F)S(=O)(=O)C(F)(F)F. The van der Waals surface area contributed by atoms with Gasteiger partial charge in [0, 0.05) is 0 Å². The molecule has 0 saturated carbocycles. The molecule has 0 spiro atoms. The summed E-state index contributed by atoms with van der Waals surface area (Å²) in [5.74, 6) is -1.58. The fraction of sp³-hybridized carbons (Fsp3) is 1.00. The van der Waals surface area contributed by atoms with Crippen molar-refractivity contribution in [3.05, 3.63) is 0 Å². The fourth-order valence-corrected chi connectivity index (χ4v) is 15.4. The molecule has 0 aromatic rings. The lowest BCUT2D eigenvalue weighted by Gasteiger charge is -2.38. The van der Waals surface area contributed by atoms with Gasteiger partial charge >= 0.3 is 31.1 Å². The highest BCUT2D eigenvalue weighted by molar-refractivity contribution is 8.13. The van der Waals surface area contributed by atoms with Crippen molar-refractivity contribution >= 4 is 27.5 Å². The molecule has 0 atom stereocenters. The first-order valence-corrected chi connectivity index (χ1v) is 13.6. The maximum Gasteiger partial charge on any atom is 0.515 e. The van der Waals surface area contributed by atoms with Crippen LogP contribution in [0.1, 0.15) is 41.5 Å². The third-order valence-corrected chi connectivity index (χ3v) is 14.9. The van der Waals surface area contributed by atoms with Crippen molar-refractivity contribution < 1.29 is 43.2 Å². The quantitative estimate of drug-likeness (QED) is 0.347. The van der Waals surface area contributed by atoms with E-state index < -0.39 is 59.7 Å². The normalized spacial score (nSPS) is 15.3. The number of hydrogen-bond donors (Lipinski definition) is 0. The second-order valence-corrected chi connectivity index (χ2v) is 15.9. The van der Waals surface area contributed by atoms with E-state index in [0.717, 1.165) is 0 Å². The molecule has 0 heterocycles. The van der Waals surface area contributed by atoms with Crippen molar-refractivity contribution in [3.8, 4) is 0 Å². The highest BCUT2D eigenvalue weighted by atomic mass is 32.3. The highest BCUT2D eigenvalue weighted by Crippen LogP contribution is 2.69. The second-order valence-electron chi connectivity index (χ2n) is 7.90. The zero-order valence-corrected chi connectivity index (χ0v) is 19.0. The van der Waals surface area contributed by atoms with Crippen molar-refractivity contribution in [1.82, 2.24) is 3.48 Å². The van der Waals surface area contributed by atoms with Crippen LogP contribution in [0.2, 0.25) is 0 Å². The molecule has 0 bridgehead atoms. The summed E-state index contributed by atoms with van der Waals surface area (Å²) in [5, 5.41) is 0. The Kier molecular flexibility index (Phi) is 8.89. The van der Waals surface area contributed by atoms with E-state index in [4.69, 9.17) is 0 Å². The Morgan fingerprint density at radius 2 is 0.857 bits per heavy atom. The molecule has 0 fully saturated rings. The predicted octanol–water partition coefficient (Wildman–Crippen LogP) is 4.89. The summed E-state index contributed by atoms with van der Waals surface area (Å²) in [6, 6.07) is 0. The molecular formula is C14H27F6NO4PS2+. The minimum atomic E-state index is -6.80. The standard InChI is InChI=1S/C14H27F6NO4PS2/c1-10(2)7-26(8-11(3)4,9-12(5)6)21(27(22,23)13(15,16)17)28(24,25)14(18,19)20/h10-12H,7-9H2,1-6H3/q+1. The van der Waals surface area contributed by atoms with E-state index in [0.29, 0.717) is 0 Å². The van der Waals surface area contributed by atoms with Crippen molar-refractivity contribution in [1.29, 1.82) is 0 Å². The van der Waals surface area contributed by atoms with E-state index in [1.807, 2.05) is 0 Å². The average molecular weight is 482 g/mol. The van der Waals surface area contributed by atoms with Gasteiger partial charge in [-0.05, 0) is 17.8 Å². The lowest BCUT2D eigenvalue weighted by molar-refractivity contribution is -0.0507. The minimum absolute atomic E-state index is 0.381. The van der Waals surface area contributed by atoms with Crippen LogP contribution in [0.25, 0.3) is 0 Å². The van der Waals surface area contributed by atoms with Crippen LogP contribution in [-0.4, -0.2) is 49.8 Å². The van der Waals surface area contributed by atoms with Crippen molar-refractivity contribution in [2.45, 2.75) is 52.6 Å². The van der Waals surface area contributed by atoms with E-state index >= 15 is 0 Å². The molecule has 14 heteroatoms.